The first kappa shape index (κ1) is 12.6. The van der Waals surface area contributed by atoms with Crippen molar-refractivity contribution in [2.75, 3.05) is 32.5 Å². The summed E-state index contributed by atoms with van der Waals surface area (Å²) in [6, 6.07) is 0. The summed E-state index contributed by atoms with van der Waals surface area (Å²) in [6.45, 7) is 1.93. The fourth-order valence-corrected chi connectivity index (χ4v) is 2.08. The average molecular weight is 250 g/mol. The van der Waals surface area contributed by atoms with E-state index in [1.807, 2.05) is 6.08 Å². The monoisotopic (exact) mass is 250 g/mol. The zero-order valence-corrected chi connectivity index (χ0v) is 10.7. The van der Waals surface area contributed by atoms with Gasteiger partial charge in [0.1, 0.15) is 5.69 Å². The summed E-state index contributed by atoms with van der Waals surface area (Å²) in [4.78, 5) is 14.1. The lowest BCUT2D eigenvalue weighted by atomic mass is 10.1. The summed E-state index contributed by atoms with van der Waals surface area (Å²) >= 11 is 0. The summed E-state index contributed by atoms with van der Waals surface area (Å²) in [6.07, 6.45) is 4.39. The first-order valence-corrected chi connectivity index (χ1v) is 5.87. The van der Waals surface area contributed by atoms with E-state index in [9.17, 15) is 4.79 Å². The molecule has 18 heavy (non-hydrogen) atoms. The molecule has 0 saturated carbocycles. The van der Waals surface area contributed by atoms with Gasteiger partial charge in [-0.15, -0.1) is 0 Å². The number of anilines is 1. The van der Waals surface area contributed by atoms with Crippen molar-refractivity contribution >= 4 is 11.6 Å². The van der Waals surface area contributed by atoms with Crippen LogP contribution in [-0.2, 0) is 11.8 Å². The Balaban J connectivity index is 2.09. The second kappa shape index (κ2) is 5.22. The van der Waals surface area contributed by atoms with Gasteiger partial charge in [0, 0.05) is 27.2 Å². The van der Waals surface area contributed by atoms with Crippen LogP contribution in [0.5, 0.6) is 0 Å². The molecule has 1 aromatic rings. The minimum absolute atomic E-state index is 0.0692. The molecule has 1 aliphatic heterocycles. The van der Waals surface area contributed by atoms with E-state index >= 15 is 0 Å². The van der Waals surface area contributed by atoms with Crippen LogP contribution in [0.3, 0.4) is 0 Å². The molecule has 0 bridgehead atoms. The number of carbonyl (C=O) groups is 1. The number of nitrogen functional groups attached to an aromatic ring is 1. The standard InChI is InChI=1S/C12H18N4O2/c1-15-11(10(13)7-14-15)12(17)16-5-3-9(4-6-16)8-18-2/h3,7H,4-6,8,13H2,1-2H3. The summed E-state index contributed by atoms with van der Waals surface area (Å²) in [5.74, 6) is -0.0692. The normalized spacial score (nSPS) is 15.7. The maximum Gasteiger partial charge on any atom is 0.274 e. The van der Waals surface area contributed by atoms with E-state index in [1.54, 1.807) is 19.1 Å². The van der Waals surface area contributed by atoms with E-state index in [1.165, 1.54) is 16.5 Å². The molecule has 0 spiro atoms. The van der Waals surface area contributed by atoms with Crippen molar-refractivity contribution in [2.45, 2.75) is 6.42 Å². The molecule has 0 atom stereocenters. The topological polar surface area (TPSA) is 73.4 Å². The second-order valence-corrected chi connectivity index (χ2v) is 4.37. The first-order valence-electron chi connectivity index (χ1n) is 5.87. The number of carbonyl (C=O) groups excluding carboxylic acids is 1. The predicted octanol–water partition coefficient (Wildman–Crippen LogP) is 0.421. The number of ether oxygens (including phenoxy) is 1. The van der Waals surface area contributed by atoms with Crippen LogP contribution in [0.1, 0.15) is 16.9 Å². The summed E-state index contributed by atoms with van der Waals surface area (Å²) in [5.41, 5.74) is 7.88. The highest BCUT2D eigenvalue weighted by Crippen LogP contribution is 2.17. The summed E-state index contributed by atoms with van der Waals surface area (Å²) < 4.78 is 6.60. The summed E-state index contributed by atoms with van der Waals surface area (Å²) in [5, 5.41) is 3.99. The van der Waals surface area contributed by atoms with Crippen LogP contribution in [0.25, 0.3) is 0 Å². The fourth-order valence-electron chi connectivity index (χ4n) is 2.08. The van der Waals surface area contributed by atoms with Crippen molar-refractivity contribution in [2.24, 2.45) is 7.05 Å². The Morgan fingerprint density at radius 2 is 2.39 bits per heavy atom. The van der Waals surface area contributed by atoms with Gasteiger partial charge in [0.15, 0.2) is 0 Å². The molecule has 6 nitrogen and oxygen atoms in total. The van der Waals surface area contributed by atoms with Crippen molar-refractivity contribution in [1.82, 2.24) is 14.7 Å². The quantitative estimate of drug-likeness (QED) is 0.789. The van der Waals surface area contributed by atoms with E-state index in [2.05, 4.69) is 5.10 Å². The van der Waals surface area contributed by atoms with Crippen molar-refractivity contribution in [3.05, 3.63) is 23.5 Å². The molecule has 0 aromatic carbocycles. The molecule has 0 fully saturated rings. The van der Waals surface area contributed by atoms with E-state index in [0.717, 1.165) is 6.42 Å². The van der Waals surface area contributed by atoms with Crippen molar-refractivity contribution in [3.63, 3.8) is 0 Å². The van der Waals surface area contributed by atoms with Gasteiger partial charge in [0.05, 0.1) is 18.5 Å². The highest BCUT2D eigenvalue weighted by atomic mass is 16.5. The number of hydrogen-bond donors (Lipinski definition) is 1. The number of hydrogen-bond acceptors (Lipinski definition) is 4. The fraction of sp³-hybridized carbons (Fsp3) is 0.500. The zero-order chi connectivity index (χ0) is 13.1. The van der Waals surface area contributed by atoms with Gasteiger partial charge in [-0.25, -0.2) is 0 Å². The Morgan fingerprint density at radius 1 is 1.61 bits per heavy atom. The van der Waals surface area contributed by atoms with Crippen molar-refractivity contribution in [1.29, 1.82) is 0 Å². The maximum atomic E-state index is 12.3. The maximum absolute atomic E-state index is 12.3. The molecule has 6 heteroatoms. The van der Waals surface area contributed by atoms with Crippen LogP contribution >= 0.6 is 0 Å². The highest BCUT2D eigenvalue weighted by molar-refractivity contribution is 5.97. The Hall–Kier alpha value is -1.82. The minimum Gasteiger partial charge on any atom is -0.396 e. The van der Waals surface area contributed by atoms with Gasteiger partial charge in [-0.1, -0.05) is 6.08 Å². The molecule has 1 aliphatic rings. The van der Waals surface area contributed by atoms with E-state index in [0.29, 0.717) is 31.1 Å². The lowest BCUT2D eigenvalue weighted by molar-refractivity contribution is 0.0755. The molecule has 0 radical (unpaired) electrons. The lowest BCUT2D eigenvalue weighted by Crippen LogP contribution is -2.36. The number of aryl methyl sites for hydroxylation is 1. The number of rotatable bonds is 3. The van der Waals surface area contributed by atoms with Gasteiger partial charge < -0.3 is 15.4 Å². The largest absolute Gasteiger partial charge is 0.396 e. The van der Waals surface area contributed by atoms with Gasteiger partial charge in [-0.3, -0.25) is 9.48 Å². The minimum atomic E-state index is -0.0692. The number of nitrogens with two attached hydrogens (primary N) is 1. The van der Waals surface area contributed by atoms with Crippen LogP contribution in [0.4, 0.5) is 5.69 Å². The third-order valence-corrected chi connectivity index (χ3v) is 3.09. The smallest absolute Gasteiger partial charge is 0.274 e. The number of aromatic nitrogens is 2. The van der Waals surface area contributed by atoms with Gasteiger partial charge in [-0.2, -0.15) is 5.10 Å². The lowest BCUT2D eigenvalue weighted by Gasteiger charge is -2.26. The molecule has 0 unspecified atom stereocenters. The Bertz CT molecular complexity index is 459. The third-order valence-electron chi connectivity index (χ3n) is 3.09. The molecule has 98 valence electrons. The summed E-state index contributed by atoms with van der Waals surface area (Å²) in [7, 11) is 3.40. The molecule has 0 saturated heterocycles. The molecule has 2 rings (SSSR count). The van der Waals surface area contributed by atoms with Gasteiger partial charge in [0.25, 0.3) is 5.91 Å². The van der Waals surface area contributed by atoms with Gasteiger partial charge in [-0.05, 0) is 12.0 Å². The van der Waals surface area contributed by atoms with Crippen LogP contribution in [0.2, 0.25) is 0 Å². The molecule has 0 aliphatic carbocycles. The number of amides is 1. The second-order valence-electron chi connectivity index (χ2n) is 4.37. The average Bonchev–Trinajstić information content (AvgIpc) is 2.70. The number of nitrogens with zero attached hydrogens (tertiary/aromatic N) is 3. The molecular formula is C12H18N4O2. The predicted molar refractivity (Wildman–Crippen MR) is 68.1 cm³/mol. The first-order chi connectivity index (χ1) is 8.63. The van der Waals surface area contributed by atoms with Gasteiger partial charge in [0.2, 0.25) is 0 Å². The van der Waals surface area contributed by atoms with Crippen molar-refractivity contribution in [3.8, 4) is 0 Å². The SMILES string of the molecule is COCC1=CCN(C(=O)c2c(N)cnn2C)CC1. The molecule has 2 heterocycles. The third kappa shape index (κ3) is 2.38. The molecule has 2 N–H and O–H groups in total. The molecule has 1 amide bonds. The van der Waals surface area contributed by atoms with Crippen LogP contribution < -0.4 is 5.73 Å². The van der Waals surface area contributed by atoms with Crippen molar-refractivity contribution < 1.29 is 9.53 Å². The Kier molecular flexibility index (Phi) is 3.66. The highest BCUT2D eigenvalue weighted by Gasteiger charge is 2.23. The number of methoxy groups -OCH3 is 1. The van der Waals surface area contributed by atoms with Gasteiger partial charge >= 0.3 is 0 Å². The Morgan fingerprint density at radius 3 is 2.89 bits per heavy atom. The zero-order valence-electron chi connectivity index (χ0n) is 10.7. The molecular weight excluding hydrogens is 232 g/mol. The van der Waals surface area contributed by atoms with Crippen LogP contribution in [0.15, 0.2) is 17.8 Å². The van der Waals surface area contributed by atoms with E-state index in [-0.39, 0.29) is 5.91 Å². The van der Waals surface area contributed by atoms with E-state index in [4.69, 9.17) is 10.5 Å². The Labute approximate surface area is 106 Å². The van der Waals surface area contributed by atoms with Crippen LogP contribution in [0, 0.1) is 0 Å². The van der Waals surface area contributed by atoms with E-state index < -0.39 is 0 Å². The van der Waals surface area contributed by atoms with Crippen LogP contribution in [-0.4, -0.2) is 47.4 Å². The molecule has 1 aromatic heterocycles.